The lowest BCUT2D eigenvalue weighted by Gasteiger charge is -2.07. The fraction of sp³-hybridized carbons (Fsp3) is 0.0323. The van der Waals surface area contributed by atoms with Crippen LogP contribution in [0.5, 0.6) is 5.75 Å². The molecule has 7 rings (SSSR count). The molecule has 0 spiro atoms. The molecule has 0 N–H and O–H groups in total. The van der Waals surface area contributed by atoms with Gasteiger partial charge in [0.15, 0.2) is 11.6 Å². The number of hydrogen-bond acceptors (Lipinski definition) is 5. The molecule has 0 atom stereocenters. The number of benzene rings is 3. The Morgan fingerprint density at radius 1 is 0.732 bits per heavy atom. The Labute approximate surface area is 261 Å². The van der Waals surface area contributed by atoms with Crippen LogP contribution in [0.2, 0.25) is 20.1 Å². The Hall–Kier alpha value is -3.10. The largest absolute Gasteiger partial charge is 0.496 e. The van der Waals surface area contributed by atoms with Crippen LogP contribution in [0.4, 0.5) is 0 Å². The number of halogens is 4. The van der Waals surface area contributed by atoms with Crippen molar-refractivity contribution >= 4 is 107 Å². The second-order valence-corrected chi connectivity index (χ2v) is 12.9. The molecule has 0 fully saturated rings. The van der Waals surface area contributed by atoms with Gasteiger partial charge < -0.3 is 9.30 Å². The third-order valence-corrected chi connectivity index (χ3v) is 11.2. The number of aromatic nitrogens is 1. The maximum absolute atomic E-state index is 13.4. The van der Waals surface area contributed by atoms with Crippen molar-refractivity contribution in [3.05, 3.63) is 108 Å². The fourth-order valence-electron chi connectivity index (χ4n) is 5.18. The molecule has 0 unspecified atom stereocenters. The van der Waals surface area contributed by atoms with Gasteiger partial charge in [0.25, 0.3) is 0 Å². The Balaban J connectivity index is 1.43. The van der Waals surface area contributed by atoms with Crippen LogP contribution in [-0.2, 0) is 0 Å². The van der Waals surface area contributed by atoms with Crippen molar-refractivity contribution in [1.29, 1.82) is 0 Å². The highest BCUT2D eigenvalue weighted by molar-refractivity contribution is 7.29. The summed E-state index contributed by atoms with van der Waals surface area (Å²) in [5, 5.41) is -0.254. The van der Waals surface area contributed by atoms with Gasteiger partial charge in [-0.05, 0) is 42.5 Å². The molecule has 0 saturated carbocycles. The highest BCUT2D eigenvalue weighted by atomic mass is 35.5. The zero-order valence-electron chi connectivity index (χ0n) is 20.9. The number of allylic oxidation sites excluding steroid dienone is 1. The molecule has 6 aromatic rings. The molecular formula is C31H15Cl4NO3S2. The SMILES string of the molecule is COc1ccccc1-c1cc2c(s1)c1sc(C=C3C(=O)c4c(Cl)c(Cl)c(Cl)c(Cl)c4C3=O)cc1n2-c1ccccc1. The number of ether oxygens (including phenoxy) is 1. The zero-order valence-corrected chi connectivity index (χ0v) is 25.6. The number of nitrogens with zero attached hydrogens (tertiary/aromatic N) is 1. The number of methoxy groups -OCH3 is 1. The summed E-state index contributed by atoms with van der Waals surface area (Å²) in [6.07, 6.45) is 1.60. The van der Waals surface area contributed by atoms with E-state index in [1.54, 1.807) is 24.5 Å². The zero-order chi connectivity index (χ0) is 28.6. The molecule has 1 aliphatic rings. The van der Waals surface area contributed by atoms with E-state index in [1.807, 2.05) is 60.7 Å². The lowest BCUT2D eigenvalue weighted by Crippen LogP contribution is -2.00. The molecule has 0 amide bonds. The average Bonchev–Trinajstić information content (AvgIpc) is 3.72. The molecule has 3 aromatic carbocycles. The first-order valence-electron chi connectivity index (χ1n) is 12.2. The second kappa shape index (κ2) is 10.0. The van der Waals surface area contributed by atoms with E-state index in [9.17, 15) is 9.59 Å². The van der Waals surface area contributed by atoms with Crippen LogP contribution >= 0.6 is 69.1 Å². The molecule has 202 valence electrons. The Morgan fingerprint density at radius 3 is 1.98 bits per heavy atom. The van der Waals surface area contributed by atoms with Crippen molar-refractivity contribution in [3.63, 3.8) is 0 Å². The maximum atomic E-state index is 13.4. The number of carbonyl (C=O) groups is 2. The number of thiophene rings is 2. The number of hydrogen-bond donors (Lipinski definition) is 0. The van der Waals surface area contributed by atoms with E-state index in [4.69, 9.17) is 51.1 Å². The first kappa shape index (κ1) is 26.8. The molecule has 4 nitrogen and oxygen atoms in total. The fourth-order valence-corrected chi connectivity index (χ4v) is 8.61. The van der Waals surface area contributed by atoms with Crippen LogP contribution in [0.1, 0.15) is 25.6 Å². The van der Waals surface area contributed by atoms with Gasteiger partial charge in [0.1, 0.15) is 5.75 Å². The summed E-state index contributed by atoms with van der Waals surface area (Å²) in [5.41, 5.74) is 3.98. The molecule has 3 heterocycles. The van der Waals surface area contributed by atoms with E-state index in [0.717, 1.165) is 47.2 Å². The van der Waals surface area contributed by atoms with E-state index in [-0.39, 0.29) is 36.8 Å². The first-order valence-corrected chi connectivity index (χ1v) is 15.4. The summed E-state index contributed by atoms with van der Waals surface area (Å²) < 4.78 is 9.96. The minimum absolute atomic E-state index is 0.0145. The highest BCUT2D eigenvalue weighted by Crippen LogP contribution is 2.48. The number of rotatable bonds is 4. The highest BCUT2D eigenvalue weighted by Gasteiger charge is 2.39. The second-order valence-electron chi connectivity index (χ2n) is 9.28. The molecule has 3 aromatic heterocycles. The third-order valence-electron chi connectivity index (χ3n) is 7.02. The van der Waals surface area contributed by atoms with Crippen molar-refractivity contribution in [2.45, 2.75) is 0 Å². The van der Waals surface area contributed by atoms with Crippen LogP contribution in [0, 0.1) is 0 Å². The van der Waals surface area contributed by atoms with Crippen molar-refractivity contribution < 1.29 is 14.3 Å². The molecule has 0 radical (unpaired) electrons. The summed E-state index contributed by atoms with van der Waals surface area (Å²) in [4.78, 5) is 28.6. The summed E-state index contributed by atoms with van der Waals surface area (Å²) in [6, 6.07) is 22.1. The van der Waals surface area contributed by atoms with Crippen LogP contribution in [0.15, 0.2) is 72.3 Å². The summed E-state index contributed by atoms with van der Waals surface area (Å²) in [6.45, 7) is 0. The Morgan fingerprint density at radius 2 is 1.32 bits per heavy atom. The smallest absolute Gasteiger partial charge is 0.199 e. The number of carbonyl (C=O) groups excluding carboxylic acids is 2. The van der Waals surface area contributed by atoms with Gasteiger partial charge in [0, 0.05) is 21.0 Å². The molecule has 10 heteroatoms. The maximum Gasteiger partial charge on any atom is 0.199 e. The van der Waals surface area contributed by atoms with Gasteiger partial charge in [-0.15, -0.1) is 22.7 Å². The topological polar surface area (TPSA) is 48.3 Å². The van der Waals surface area contributed by atoms with E-state index < -0.39 is 11.6 Å². The summed E-state index contributed by atoms with van der Waals surface area (Å²) in [5.74, 6) is -0.260. The summed E-state index contributed by atoms with van der Waals surface area (Å²) >= 11 is 28.2. The first-order chi connectivity index (χ1) is 19.8. The van der Waals surface area contributed by atoms with Gasteiger partial charge in [0.2, 0.25) is 0 Å². The Kier molecular flexibility index (Phi) is 6.54. The van der Waals surface area contributed by atoms with Gasteiger partial charge in [-0.1, -0.05) is 76.7 Å². The van der Waals surface area contributed by atoms with Gasteiger partial charge in [-0.2, -0.15) is 0 Å². The van der Waals surface area contributed by atoms with Crippen LogP contribution in [-0.4, -0.2) is 23.2 Å². The molecule has 0 bridgehead atoms. The van der Waals surface area contributed by atoms with Gasteiger partial charge in [-0.25, -0.2) is 0 Å². The minimum Gasteiger partial charge on any atom is -0.496 e. The number of fused-ring (bicyclic) bond motifs is 4. The minimum atomic E-state index is -0.529. The predicted molar refractivity (Wildman–Crippen MR) is 172 cm³/mol. The molecule has 1 aliphatic carbocycles. The predicted octanol–water partition coefficient (Wildman–Crippen LogP) is 10.7. The molecule has 0 saturated heterocycles. The van der Waals surface area contributed by atoms with E-state index in [0.29, 0.717) is 0 Å². The third kappa shape index (κ3) is 4.01. The van der Waals surface area contributed by atoms with Crippen molar-refractivity contribution in [1.82, 2.24) is 4.57 Å². The molecule has 41 heavy (non-hydrogen) atoms. The number of ketones is 2. The lowest BCUT2D eigenvalue weighted by molar-refractivity contribution is 0.0990. The van der Waals surface area contributed by atoms with E-state index in [1.165, 1.54) is 11.3 Å². The number of para-hydroxylation sites is 2. The molecule has 0 aliphatic heterocycles. The standard InChI is InChI=1S/C31H15Cl4NO3S2/c1-39-20-10-6-5-9-16(20)21-13-19-31(41-21)30-18(36(19)14-7-3-2-4-8-14)12-15(40-30)11-17-28(37)22-23(29(17)38)25(33)27(35)26(34)24(22)32/h2-13H,1H3. The van der Waals surface area contributed by atoms with Crippen molar-refractivity contribution in [2.24, 2.45) is 0 Å². The van der Waals surface area contributed by atoms with E-state index >= 15 is 0 Å². The van der Waals surface area contributed by atoms with Crippen LogP contribution in [0.25, 0.3) is 42.6 Å². The summed E-state index contributed by atoms with van der Waals surface area (Å²) in [7, 11) is 1.67. The van der Waals surface area contributed by atoms with Crippen molar-refractivity contribution in [2.75, 3.05) is 7.11 Å². The van der Waals surface area contributed by atoms with Crippen LogP contribution in [0.3, 0.4) is 0 Å². The average molecular weight is 655 g/mol. The quantitative estimate of drug-likeness (QED) is 0.0822. The molecular weight excluding hydrogens is 640 g/mol. The lowest BCUT2D eigenvalue weighted by atomic mass is 10.1. The monoisotopic (exact) mass is 653 g/mol. The van der Waals surface area contributed by atoms with Crippen molar-refractivity contribution in [3.8, 4) is 21.9 Å². The van der Waals surface area contributed by atoms with Gasteiger partial charge >= 0.3 is 0 Å². The Bertz CT molecular complexity index is 2070. The normalized spacial score (nSPS) is 13.0. The van der Waals surface area contributed by atoms with E-state index in [2.05, 4.69) is 10.6 Å². The van der Waals surface area contributed by atoms with Gasteiger partial charge in [-0.3, -0.25) is 9.59 Å². The number of Topliss-reactive ketones (excluding diaryl/α,β-unsaturated/α-hetero) is 2. The van der Waals surface area contributed by atoms with Crippen LogP contribution < -0.4 is 4.74 Å². The van der Waals surface area contributed by atoms with Gasteiger partial charge in [0.05, 0.1) is 64.3 Å².